The van der Waals surface area contributed by atoms with Gasteiger partial charge >= 0.3 is 0 Å². The molecular formula is C14H24N2O. The Morgan fingerprint density at radius 3 is 2.59 bits per heavy atom. The van der Waals surface area contributed by atoms with E-state index in [9.17, 15) is 0 Å². The maximum absolute atomic E-state index is 5.86. The Bertz CT molecular complexity index is 293. The van der Waals surface area contributed by atoms with Gasteiger partial charge in [-0.15, -0.1) is 0 Å². The maximum atomic E-state index is 5.86. The number of nitrogens with one attached hydrogen (secondary N) is 1. The predicted molar refractivity (Wildman–Crippen MR) is 71.9 cm³/mol. The monoisotopic (exact) mass is 236 g/mol. The van der Waals surface area contributed by atoms with Crippen LogP contribution in [0.3, 0.4) is 0 Å². The number of hydrogen-bond acceptors (Lipinski definition) is 3. The first-order chi connectivity index (χ1) is 8.08. The Labute approximate surface area is 104 Å². The van der Waals surface area contributed by atoms with Crippen molar-refractivity contribution in [1.29, 1.82) is 0 Å². The number of hydrogen-bond donors (Lipinski definition) is 2. The van der Waals surface area contributed by atoms with E-state index in [2.05, 4.69) is 17.4 Å². The van der Waals surface area contributed by atoms with Gasteiger partial charge in [-0.1, -0.05) is 30.3 Å². The topological polar surface area (TPSA) is 47.3 Å². The summed E-state index contributed by atoms with van der Waals surface area (Å²) in [4.78, 5) is 0. The summed E-state index contributed by atoms with van der Waals surface area (Å²) in [7, 11) is 0. The summed E-state index contributed by atoms with van der Waals surface area (Å²) in [5.41, 5.74) is 6.95. The van der Waals surface area contributed by atoms with Gasteiger partial charge in [-0.3, -0.25) is 0 Å². The molecular weight excluding hydrogens is 212 g/mol. The number of ether oxygens (including phenoxy) is 1. The molecule has 0 atom stereocenters. The lowest BCUT2D eigenvalue weighted by molar-refractivity contribution is 0.118. The molecule has 3 N–H and O–H groups in total. The van der Waals surface area contributed by atoms with E-state index in [-0.39, 0.29) is 5.54 Å². The quantitative estimate of drug-likeness (QED) is 0.678. The van der Waals surface area contributed by atoms with Crippen molar-refractivity contribution < 1.29 is 4.74 Å². The fourth-order valence-corrected chi connectivity index (χ4v) is 1.47. The molecule has 3 nitrogen and oxygen atoms in total. The lowest BCUT2D eigenvalue weighted by Gasteiger charge is -2.18. The van der Waals surface area contributed by atoms with Gasteiger partial charge in [0.05, 0.1) is 6.61 Å². The summed E-state index contributed by atoms with van der Waals surface area (Å²) < 4.78 is 5.58. The second-order valence-corrected chi connectivity index (χ2v) is 5.06. The lowest BCUT2D eigenvalue weighted by atomic mass is 10.1. The highest BCUT2D eigenvalue weighted by Gasteiger charge is 2.08. The van der Waals surface area contributed by atoms with Crippen LogP contribution in [0, 0.1) is 0 Å². The van der Waals surface area contributed by atoms with Crippen LogP contribution in [0.1, 0.15) is 25.8 Å². The van der Waals surface area contributed by atoms with Gasteiger partial charge in [-0.25, -0.2) is 0 Å². The maximum Gasteiger partial charge on any atom is 0.0716 e. The molecule has 1 aromatic carbocycles. The Balaban J connectivity index is 1.95. The van der Waals surface area contributed by atoms with Crippen LogP contribution in [-0.4, -0.2) is 25.2 Å². The van der Waals surface area contributed by atoms with Crippen molar-refractivity contribution in [3.8, 4) is 0 Å². The molecule has 0 fully saturated rings. The molecule has 1 aromatic rings. The third-order valence-electron chi connectivity index (χ3n) is 2.33. The van der Waals surface area contributed by atoms with Crippen LogP contribution in [0.5, 0.6) is 0 Å². The van der Waals surface area contributed by atoms with Gasteiger partial charge < -0.3 is 15.8 Å². The van der Waals surface area contributed by atoms with Crippen LogP contribution in [-0.2, 0) is 11.3 Å². The van der Waals surface area contributed by atoms with E-state index >= 15 is 0 Å². The zero-order valence-corrected chi connectivity index (χ0v) is 10.9. The molecule has 0 aliphatic carbocycles. The highest BCUT2D eigenvalue weighted by molar-refractivity contribution is 5.13. The zero-order chi connectivity index (χ0) is 12.6. The minimum Gasteiger partial charge on any atom is -0.377 e. The average molecular weight is 236 g/mol. The van der Waals surface area contributed by atoms with Crippen LogP contribution < -0.4 is 11.1 Å². The van der Waals surface area contributed by atoms with Crippen molar-refractivity contribution in [3.63, 3.8) is 0 Å². The fourth-order valence-electron chi connectivity index (χ4n) is 1.47. The molecule has 3 heteroatoms. The van der Waals surface area contributed by atoms with Gasteiger partial charge in [0.2, 0.25) is 0 Å². The summed E-state index contributed by atoms with van der Waals surface area (Å²) in [6, 6.07) is 10.2. The molecule has 0 aliphatic rings. The number of rotatable bonds is 8. The van der Waals surface area contributed by atoms with Gasteiger partial charge in [-0.05, 0) is 32.4 Å². The first-order valence-electron chi connectivity index (χ1n) is 6.19. The van der Waals surface area contributed by atoms with Crippen LogP contribution in [0.2, 0.25) is 0 Å². The normalized spacial score (nSPS) is 11.7. The van der Waals surface area contributed by atoms with Gasteiger partial charge in [0.1, 0.15) is 0 Å². The van der Waals surface area contributed by atoms with Crippen LogP contribution >= 0.6 is 0 Å². The first kappa shape index (κ1) is 14.2. The van der Waals surface area contributed by atoms with Crippen molar-refractivity contribution in [1.82, 2.24) is 5.32 Å². The molecule has 96 valence electrons. The van der Waals surface area contributed by atoms with E-state index < -0.39 is 0 Å². The molecule has 0 amide bonds. The van der Waals surface area contributed by atoms with Gasteiger partial charge in [0.15, 0.2) is 0 Å². The Morgan fingerprint density at radius 2 is 1.94 bits per heavy atom. The Kier molecular flexibility index (Phi) is 6.19. The summed E-state index contributed by atoms with van der Waals surface area (Å²) >= 11 is 0. The molecule has 0 aliphatic heterocycles. The highest BCUT2D eigenvalue weighted by atomic mass is 16.5. The fraction of sp³-hybridized carbons (Fsp3) is 0.571. The highest BCUT2D eigenvalue weighted by Crippen LogP contribution is 2.00. The molecule has 0 heterocycles. The molecule has 0 unspecified atom stereocenters. The van der Waals surface area contributed by atoms with Gasteiger partial charge in [-0.2, -0.15) is 0 Å². The largest absolute Gasteiger partial charge is 0.377 e. The molecule has 0 spiro atoms. The minimum atomic E-state index is -0.134. The van der Waals surface area contributed by atoms with Crippen molar-refractivity contribution in [2.75, 3.05) is 19.7 Å². The second-order valence-electron chi connectivity index (χ2n) is 5.06. The van der Waals surface area contributed by atoms with Crippen LogP contribution in [0.4, 0.5) is 0 Å². The predicted octanol–water partition coefficient (Wildman–Crippen LogP) is 1.92. The van der Waals surface area contributed by atoms with Crippen molar-refractivity contribution in [2.24, 2.45) is 5.73 Å². The molecule has 0 bridgehead atoms. The summed E-state index contributed by atoms with van der Waals surface area (Å²) in [6.45, 7) is 7.31. The van der Waals surface area contributed by atoms with E-state index in [1.165, 1.54) is 5.56 Å². The van der Waals surface area contributed by atoms with Gasteiger partial charge in [0, 0.05) is 18.7 Å². The summed E-state index contributed by atoms with van der Waals surface area (Å²) in [5, 5.41) is 3.32. The molecule has 0 aromatic heterocycles. The van der Waals surface area contributed by atoms with Crippen molar-refractivity contribution in [3.05, 3.63) is 35.9 Å². The van der Waals surface area contributed by atoms with Crippen molar-refractivity contribution >= 4 is 0 Å². The number of benzene rings is 1. The standard InChI is InChI=1S/C14H24N2O/c1-14(2,15)12-16-9-6-10-17-11-13-7-4-3-5-8-13/h3-5,7-8,16H,6,9-12,15H2,1-2H3. The van der Waals surface area contributed by atoms with E-state index in [0.717, 1.165) is 26.1 Å². The minimum absolute atomic E-state index is 0.134. The van der Waals surface area contributed by atoms with E-state index in [0.29, 0.717) is 6.61 Å². The Hall–Kier alpha value is -0.900. The van der Waals surface area contributed by atoms with Crippen molar-refractivity contribution in [2.45, 2.75) is 32.4 Å². The molecule has 0 saturated heterocycles. The zero-order valence-electron chi connectivity index (χ0n) is 10.9. The van der Waals surface area contributed by atoms with E-state index in [4.69, 9.17) is 10.5 Å². The van der Waals surface area contributed by atoms with E-state index in [1.807, 2.05) is 32.0 Å². The third-order valence-corrected chi connectivity index (χ3v) is 2.33. The summed E-state index contributed by atoms with van der Waals surface area (Å²) in [6.07, 6.45) is 1.02. The molecule has 0 saturated carbocycles. The summed E-state index contributed by atoms with van der Waals surface area (Å²) in [5.74, 6) is 0. The lowest BCUT2D eigenvalue weighted by Crippen LogP contribution is -2.43. The van der Waals surface area contributed by atoms with Gasteiger partial charge in [0.25, 0.3) is 0 Å². The average Bonchev–Trinajstić information content (AvgIpc) is 2.28. The molecule has 17 heavy (non-hydrogen) atoms. The first-order valence-corrected chi connectivity index (χ1v) is 6.19. The smallest absolute Gasteiger partial charge is 0.0716 e. The Morgan fingerprint density at radius 1 is 1.24 bits per heavy atom. The SMILES string of the molecule is CC(C)(N)CNCCCOCc1ccccc1. The third kappa shape index (κ3) is 7.91. The molecule has 0 radical (unpaired) electrons. The second kappa shape index (κ2) is 7.43. The molecule has 1 rings (SSSR count). The van der Waals surface area contributed by atoms with Crippen LogP contribution in [0.15, 0.2) is 30.3 Å². The number of nitrogens with two attached hydrogens (primary N) is 1. The van der Waals surface area contributed by atoms with E-state index in [1.54, 1.807) is 0 Å². The van der Waals surface area contributed by atoms with Crippen LogP contribution in [0.25, 0.3) is 0 Å².